The molecule has 0 radical (unpaired) electrons. The zero-order valence-corrected chi connectivity index (χ0v) is 18.9. The lowest BCUT2D eigenvalue weighted by atomic mass is 9.76. The number of nitrogens with zero attached hydrogens (tertiary/aromatic N) is 3. The topological polar surface area (TPSA) is 96.9 Å². The number of rotatable bonds is 5. The highest BCUT2D eigenvalue weighted by molar-refractivity contribution is 6.11. The molecule has 2 heterocycles. The lowest BCUT2D eigenvalue weighted by Gasteiger charge is -2.37. The number of carbonyl (C=O) groups is 1. The molecular formula is C26H24N4O4. The molecule has 1 N–H and O–H groups in total. The van der Waals surface area contributed by atoms with Gasteiger partial charge in [-0.25, -0.2) is 10.1 Å². The van der Waals surface area contributed by atoms with Gasteiger partial charge in [-0.3, -0.25) is 9.59 Å². The van der Waals surface area contributed by atoms with Gasteiger partial charge in [0.05, 0.1) is 37.2 Å². The van der Waals surface area contributed by atoms with Gasteiger partial charge in [0.2, 0.25) is 0 Å². The van der Waals surface area contributed by atoms with Crippen LogP contribution in [-0.2, 0) is 4.79 Å². The number of hydrogen-bond donors (Lipinski definition) is 1. The fourth-order valence-corrected chi connectivity index (χ4v) is 4.51. The number of hydrogen-bond acceptors (Lipinski definition) is 6. The van der Waals surface area contributed by atoms with E-state index >= 15 is 0 Å². The zero-order chi connectivity index (χ0) is 23.7. The molecule has 2 aliphatic rings. The van der Waals surface area contributed by atoms with Crippen LogP contribution in [0.4, 0.5) is 5.69 Å². The number of aromatic amines is 1. The summed E-state index contributed by atoms with van der Waals surface area (Å²) in [6.45, 7) is 0. The smallest absolute Gasteiger partial charge is 0.264 e. The van der Waals surface area contributed by atoms with Crippen LogP contribution in [0.15, 0.2) is 76.6 Å². The molecule has 1 amide bonds. The zero-order valence-electron chi connectivity index (χ0n) is 18.9. The van der Waals surface area contributed by atoms with E-state index in [9.17, 15) is 9.59 Å². The fraction of sp³-hybridized carbons (Fsp3) is 0.231. The van der Waals surface area contributed by atoms with Crippen molar-refractivity contribution >= 4 is 17.3 Å². The Morgan fingerprint density at radius 3 is 2.24 bits per heavy atom. The van der Waals surface area contributed by atoms with Crippen molar-refractivity contribution in [2.24, 2.45) is 16.9 Å². The molecule has 1 aromatic heterocycles. The van der Waals surface area contributed by atoms with Crippen molar-refractivity contribution in [3.05, 3.63) is 82.7 Å². The van der Waals surface area contributed by atoms with E-state index < -0.39 is 0 Å². The second-order valence-corrected chi connectivity index (χ2v) is 8.21. The molecule has 2 unspecified atom stereocenters. The Bertz CT molecular complexity index is 1320. The summed E-state index contributed by atoms with van der Waals surface area (Å²) >= 11 is 0. The first-order chi connectivity index (χ1) is 16.6. The maximum atomic E-state index is 13.4. The van der Waals surface area contributed by atoms with Gasteiger partial charge in [0.1, 0.15) is 0 Å². The van der Waals surface area contributed by atoms with E-state index in [1.54, 1.807) is 20.3 Å². The summed E-state index contributed by atoms with van der Waals surface area (Å²) in [5.74, 6) is 1.05. The molecule has 1 aliphatic heterocycles. The van der Waals surface area contributed by atoms with Gasteiger partial charge in [-0.05, 0) is 49.2 Å². The van der Waals surface area contributed by atoms with Crippen LogP contribution in [0.3, 0.4) is 0 Å². The standard InChI is InChI=1S/C26H24N4O4/c1-33-22-13-9-17(15-23(22)34-2)25-19-5-3-4-6-20(19)26(32)30(29-25)18-10-7-16(8-11-18)21-12-14-24(31)28-27-21/h3-4,7-15,19-20H,5-6H2,1-2H3,(H,28,31). The van der Waals surface area contributed by atoms with Crippen molar-refractivity contribution in [2.75, 3.05) is 19.2 Å². The number of fused-ring (bicyclic) bond motifs is 1. The average molecular weight is 457 g/mol. The van der Waals surface area contributed by atoms with Crippen LogP contribution in [0.5, 0.6) is 11.5 Å². The van der Waals surface area contributed by atoms with Gasteiger partial charge in [-0.15, -0.1) is 0 Å². The molecule has 0 saturated heterocycles. The number of anilines is 1. The number of amides is 1. The number of ether oxygens (including phenoxy) is 2. The maximum Gasteiger partial charge on any atom is 0.264 e. The largest absolute Gasteiger partial charge is 0.493 e. The van der Waals surface area contributed by atoms with E-state index in [1.165, 1.54) is 11.1 Å². The van der Waals surface area contributed by atoms with Crippen molar-refractivity contribution < 1.29 is 14.3 Å². The molecule has 2 aromatic carbocycles. The van der Waals surface area contributed by atoms with Crippen molar-refractivity contribution in [3.8, 4) is 22.8 Å². The second-order valence-electron chi connectivity index (χ2n) is 8.21. The summed E-state index contributed by atoms with van der Waals surface area (Å²) < 4.78 is 10.9. The van der Waals surface area contributed by atoms with Crippen molar-refractivity contribution in [1.82, 2.24) is 10.2 Å². The molecule has 34 heavy (non-hydrogen) atoms. The SMILES string of the molecule is COc1ccc(C2=NN(c3ccc(-c4ccc(=O)[nH]n4)cc3)C(=O)C3CC=CCC23)cc1OC. The minimum absolute atomic E-state index is 0.00327. The first-order valence-corrected chi connectivity index (χ1v) is 11.0. The van der Waals surface area contributed by atoms with E-state index in [4.69, 9.17) is 14.6 Å². The van der Waals surface area contributed by atoms with Crippen LogP contribution in [-0.4, -0.2) is 36.0 Å². The molecule has 8 heteroatoms. The minimum atomic E-state index is -0.257. The number of nitrogens with one attached hydrogen (secondary N) is 1. The maximum absolute atomic E-state index is 13.4. The third kappa shape index (κ3) is 3.87. The number of hydrazone groups is 1. The predicted molar refractivity (Wildman–Crippen MR) is 129 cm³/mol. The Morgan fingerprint density at radius 2 is 1.56 bits per heavy atom. The Kier molecular flexibility index (Phi) is 5.71. The number of H-pyrrole nitrogens is 1. The molecule has 0 fully saturated rings. The van der Waals surface area contributed by atoms with Gasteiger partial charge in [0.15, 0.2) is 11.5 Å². The third-order valence-corrected chi connectivity index (χ3v) is 6.28. The normalized spacial score (nSPS) is 19.4. The Labute approximate surface area is 196 Å². The number of benzene rings is 2. The van der Waals surface area contributed by atoms with Gasteiger partial charge < -0.3 is 9.47 Å². The fourth-order valence-electron chi connectivity index (χ4n) is 4.51. The molecular weight excluding hydrogens is 432 g/mol. The highest BCUT2D eigenvalue weighted by atomic mass is 16.5. The summed E-state index contributed by atoms with van der Waals surface area (Å²) in [5, 5.41) is 12.8. The molecule has 8 nitrogen and oxygen atoms in total. The van der Waals surface area contributed by atoms with Gasteiger partial charge >= 0.3 is 0 Å². The van der Waals surface area contributed by atoms with Gasteiger partial charge in [-0.1, -0.05) is 24.3 Å². The lowest BCUT2D eigenvalue weighted by Crippen LogP contribution is -2.45. The molecule has 172 valence electrons. The summed E-state index contributed by atoms with van der Waals surface area (Å²) in [4.78, 5) is 24.7. The van der Waals surface area contributed by atoms with E-state index in [0.29, 0.717) is 29.3 Å². The van der Waals surface area contributed by atoms with Crippen LogP contribution in [0.2, 0.25) is 0 Å². The van der Waals surface area contributed by atoms with Crippen molar-refractivity contribution in [3.63, 3.8) is 0 Å². The Balaban J connectivity index is 1.54. The van der Waals surface area contributed by atoms with Crippen molar-refractivity contribution in [1.29, 1.82) is 0 Å². The summed E-state index contributed by atoms with van der Waals surface area (Å²) in [6.07, 6.45) is 5.62. The lowest BCUT2D eigenvalue weighted by molar-refractivity contribution is -0.123. The molecule has 5 rings (SSSR count). The summed E-state index contributed by atoms with van der Waals surface area (Å²) in [7, 11) is 3.20. The van der Waals surface area contributed by atoms with E-state index in [1.807, 2.05) is 42.5 Å². The molecule has 3 aromatic rings. The quantitative estimate of drug-likeness (QED) is 0.590. The van der Waals surface area contributed by atoms with Gasteiger partial charge in [0, 0.05) is 23.1 Å². The summed E-state index contributed by atoms with van der Waals surface area (Å²) in [6, 6.07) is 16.2. The van der Waals surface area contributed by atoms with Gasteiger partial charge in [0.25, 0.3) is 11.5 Å². The Hall–Kier alpha value is -4.20. The highest BCUT2D eigenvalue weighted by Gasteiger charge is 2.40. The molecule has 0 spiro atoms. The van der Waals surface area contributed by atoms with E-state index in [-0.39, 0.29) is 23.3 Å². The average Bonchev–Trinajstić information content (AvgIpc) is 2.89. The number of allylic oxidation sites excluding steroid dienone is 2. The van der Waals surface area contributed by atoms with Crippen LogP contribution in [0.1, 0.15) is 18.4 Å². The van der Waals surface area contributed by atoms with Crippen LogP contribution < -0.4 is 20.0 Å². The first-order valence-electron chi connectivity index (χ1n) is 11.0. The Morgan fingerprint density at radius 1 is 0.853 bits per heavy atom. The molecule has 0 bridgehead atoms. The predicted octanol–water partition coefficient (Wildman–Crippen LogP) is 3.79. The number of aromatic nitrogens is 2. The molecule has 2 atom stereocenters. The highest BCUT2D eigenvalue weighted by Crippen LogP contribution is 2.38. The molecule has 1 aliphatic carbocycles. The monoisotopic (exact) mass is 456 g/mol. The second kappa shape index (κ2) is 8.97. The van der Waals surface area contributed by atoms with Crippen LogP contribution in [0.25, 0.3) is 11.3 Å². The first kappa shape index (κ1) is 21.6. The number of carbonyl (C=O) groups excluding carboxylic acids is 1. The summed E-state index contributed by atoms with van der Waals surface area (Å²) in [5.41, 5.74) is 3.63. The van der Waals surface area contributed by atoms with E-state index in [2.05, 4.69) is 22.3 Å². The minimum Gasteiger partial charge on any atom is -0.493 e. The van der Waals surface area contributed by atoms with Gasteiger partial charge in [-0.2, -0.15) is 10.2 Å². The van der Waals surface area contributed by atoms with E-state index in [0.717, 1.165) is 23.3 Å². The molecule has 0 saturated carbocycles. The number of methoxy groups -OCH3 is 2. The third-order valence-electron chi connectivity index (χ3n) is 6.28. The van der Waals surface area contributed by atoms with Crippen LogP contribution in [0, 0.1) is 11.8 Å². The van der Waals surface area contributed by atoms with Crippen molar-refractivity contribution in [2.45, 2.75) is 12.8 Å². The van der Waals surface area contributed by atoms with Crippen LogP contribution >= 0.6 is 0 Å².